The van der Waals surface area contributed by atoms with E-state index < -0.39 is 5.60 Å². The van der Waals surface area contributed by atoms with Gasteiger partial charge in [-0.3, -0.25) is 4.79 Å². The molecule has 1 atom stereocenters. The summed E-state index contributed by atoms with van der Waals surface area (Å²) in [6.45, 7) is 8.74. The molecule has 0 aliphatic heterocycles. The van der Waals surface area contributed by atoms with Crippen LogP contribution in [-0.4, -0.2) is 24.7 Å². The third-order valence-corrected chi connectivity index (χ3v) is 3.56. The second-order valence-electron chi connectivity index (χ2n) is 4.97. The van der Waals surface area contributed by atoms with Gasteiger partial charge in [-0.05, 0) is 44.9 Å². The number of nitrogens with one attached hydrogen (secondary N) is 1. The molecule has 0 aliphatic carbocycles. The molecule has 0 saturated heterocycles. The van der Waals surface area contributed by atoms with Crippen molar-refractivity contribution in [3.8, 4) is 5.75 Å². The molecule has 1 unspecified atom stereocenters. The summed E-state index contributed by atoms with van der Waals surface area (Å²) < 4.78 is 11.1. The van der Waals surface area contributed by atoms with Gasteiger partial charge < -0.3 is 14.8 Å². The van der Waals surface area contributed by atoms with E-state index in [0.717, 1.165) is 6.42 Å². The van der Waals surface area contributed by atoms with Crippen LogP contribution in [-0.2, 0) is 9.53 Å². The van der Waals surface area contributed by atoms with Crippen molar-refractivity contribution in [2.24, 2.45) is 0 Å². The summed E-state index contributed by atoms with van der Waals surface area (Å²) in [7, 11) is 0. The van der Waals surface area contributed by atoms with Crippen LogP contribution < -0.4 is 10.1 Å². The van der Waals surface area contributed by atoms with Crippen LogP contribution in [0.2, 0.25) is 5.02 Å². The van der Waals surface area contributed by atoms with Crippen LogP contribution in [0.15, 0.2) is 18.2 Å². The van der Waals surface area contributed by atoms with Gasteiger partial charge in [0.1, 0.15) is 11.4 Å². The van der Waals surface area contributed by atoms with Crippen molar-refractivity contribution >= 4 is 23.2 Å². The van der Waals surface area contributed by atoms with E-state index >= 15 is 0 Å². The standard InChI is InChI=1S/C16H24ClNO3/c1-5-10-21-16(4,6-2)15(19)18-12-8-9-14(20-7-3)13(17)11-12/h8-9,11H,5-7,10H2,1-4H3,(H,18,19). The monoisotopic (exact) mass is 313 g/mol. The number of benzene rings is 1. The third kappa shape index (κ3) is 4.90. The van der Waals surface area contributed by atoms with Crippen LogP contribution in [0, 0.1) is 0 Å². The largest absolute Gasteiger partial charge is 0.492 e. The summed E-state index contributed by atoms with van der Waals surface area (Å²) in [6, 6.07) is 5.20. The van der Waals surface area contributed by atoms with Gasteiger partial charge in [-0.25, -0.2) is 0 Å². The van der Waals surface area contributed by atoms with E-state index in [1.807, 2.05) is 20.8 Å². The van der Waals surface area contributed by atoms with Crippen LogP contribution in [0.4, 0.5) is 5.69 Å². The first-order valence-electron chi connectivity index (χ1n) is 7.34. The molecule has 0 heterocycles. The maximum atomic E-state index is 12.4. The Kier molecular flexibility index (Phi) is 6.99. The van der Waals surface area contributed by atoms with Crippen LogP contribution in [0.1, 0.15) is 40.5 Å². The van der Waals surface area contributed by atoms with E-state index in [1.165, 1.54) is 0 Å². The number of amides is 1. The summed E-state index contributed by atoms with van der Waals surface area (Å²) >= 11 is 6.12. The fraction of sp³-hybridized carbons (Fsp3) is 0.562. The Morgan fingerprint density at radius 3 is 2.57 bits per heavy atom. The lowest BCUT2D eigenvalue weighted by Crippen LogP contribution is -2.42. The fourth-order valence-corrected chi connectivity index (χ4v) is 2.01. The van der Waals surface area contributed by atoms with E-state index in [9.17, 15) is 4.79 Å². The lowest BCUT2D eigenvalue weighted by molar-refractivity contribution is -0.139. The fourth-order valence-electron chi connectivity index (χ4n) is 1.77. The number of ether oxygens (including phenoxy) is 2. The lowest BCUT2D eigenvalue weighted by atomic mass is 10.0. The minimum absolute atomic E-state index is 0.168. The molecule has 0 spiro atoms. The minimum atomic E-state index is -0.832. The van der Waals surface area contributed by atoms with Crippen molar-refractivity contribution < 1.29 is 14.3 Å². The first kappa shape index (κ1) is 17.8. The van der Waals surface area contributed by atoms with Gasteiger partial charge in [-0.2, -0.15) is 0 Å². The van der Waals surface area contributed by atoms with Gasteiger partial charge in [0, 0.05) is 12.3 Å². The topological polar surface area (TPSA) is 47.6 Å². The van der Waals surface area contributed by atoms with E-state index in [2.05, 4.69) is 5.32 Å². The van der Waals surface area contributed by atoms with Crippen molar-refractivity contribution in [1.29, 1.82) is 0 Å². The van der Waals surface area contributed by atoms with Crippen molar-refractivity contribution in [2.75, 3.05) is 18.5 Å². The zero-order valence-electron chi connectivity index (χ0n) is 13.2. The second kappa shape index (κ2) is 8.25. The highest BCUT2D eigenvalue weighted by atomic mass is 35.5. The van der Waals surface area contributed by atoms with E-state index in [1.54, 1.807) is 25.1 Å². The molecular formula is C16H24ClNO3. The molecule has 1 amide bonds. The van der Waals surface area contributed by atoms with E-state index in [4.69, 9.17) is 21.1 Å². The van der Waals surface area contributed by atoms with Crippen LogP contribution >= 0.6 is 11.6 Å². The number of carbonyl (C=O) groups excluding carboxylic acids is 1. The van der Waals surface area contributed by atoms with Crippen molar-refractivity contribution in [3.05, 3.63) is 23.2 Å². The molecule has 21 heavy (non-hydrogen) atoms. The number of halogens is 1. The predicted molar refractivity (Wildman–Crippen MR) is 86.2 cm³/mol. The predicted octanol–water partition coefficient (Wildman–Crippen LogP) is 4.27. The Morgan fingerprint density at radius 2 is 2.05 bits per heavy atom. The summed E-state index contributed by atoms with van der Waals surface area (Å²) in [5, 5.41) is 3.32. The maximum Gasteiger partial charge on any atom is 0.256 e. The Hall–Kier alpha value is -1.26. The molecule has 0 saturated carbocycles. The number of hydrogen-bond donors (Lipinski definition) is 1. The van der Waals surface area contributed by atoms with Gasteiger partial charge in [0.2, 0.25) is 0 Å². The summed E-state index contributed by atoms with van der Waals surface area (Å²) in [4.78, 5) is 12.4. The number of rotatable bonds is 8. The molecule has 0 radical (unpaired) electrons. The third-order valence-electron chi connectivity index (χ3n) is 3.27. The molecule has 5 heteroatoms. The zero-order chi connectivity index (χ0) is 15.9. The number of anilines is 1. The highest BCUT2D eigenvalue weighted by Gasteiger charge is 2.32. The molecule has 0 aromatic heterocycles. The highest BCUT2D eigenvalue weighted by Crippen LogP contribution is 2.28. The maximum absolute atomic E-state index is 12.4. The Bertz CT molecular complexity index is 479. The molecule has 0 fully saturated rings. The Balaban J connectivity index is 2.79. The van der Waals surface area contributed by atoms with Gasteiger partial charge in [0.05, 0.1) is 11.6 Å². The Labute approximate surface area is 131 Å². The number of carbonyl (C=O) groups is 1. The summed E-state index contributed by atoms with van der Waals surface area (Å²) in [5.74, 6) is 0.441. The molecule has 1 N–H and O–H groups in total. The van der Waals surface area contributed by atoms with Gasteiger partial charge in [0.15, 0.2) is 0 Å². The normalized spacial score (nSPS) is 13.6. The average Bonchev–Trinajstić information content (AvgIpc) is 2.47. The van der Waals surface area contributed by atoms with Gasteiger partial charge >= 0.3 is 0 Å². The van der Waals surface area contributed by atoms with Crippen LogP contribution in [0.25, 0.3) is 0 Å². The molecule has 0 aliphatic rings. The summed E-state index contributed by atoms with van der Waals surface area (Å²) in [6.07, 6.45) is 1.47. The van der Waals surface area contributed by atoms with Crippen molar-refractivity contribution in [2.45, 2.75) is 46.1 Å². The lowest BCUT2D eigenvalue weighted by Gasteiger charge is -2.27. The molecule has 118 valence electrons. The quantitative estimate of drug-likeness (QED) is 0.779. The average molecular weight is 314 g/mol. The van der Waals surface area contributed by atoms with Crippen LogP contribution in [0.3, 0.4) is 0 Å². The number of hydrogen-bond acceptors (Lipinski definition) is 3. The van der Waals surface area contributed by atoms with E-state index in [-0.39, 0.29) is 5.91 Å². The minimum Gasteiger partial charge on any atom is -0.492 e. The molecule has 0 bridgehead atoms. The van der Waals surface area contributed by atoms with Gasteiger partial charge in [0.25, 0.3) is 5.91 Å². The molecule has 1 aromatic rings. The SMILES string of the molecule is CCCOC(C)(CC)C(=O)Nc1ccc(OCC)c(Cl)c1. The Morgan fingerprint density at radius 1 is 1.33 bits per heavy atom. The van der Waals surface area contributed by atoms with Gasteiger partial charge in [-0.1, -0.05) is 25.4 Å². The smallest absolute Gasteiger partial charge is 0.256 e. The first-order chi connectivity index (χ1) is 9.96. The van der Waals surface area contributed by atoms with E-state index in [0.29, 0.717) is 36.1 Å². The van der Waals surface area contributed by atoms with Crippen LogP contribution in [0.5, 0.6) is 5.75 Å². The van der Waals surface area contributed by atoms with Gasteiger partial charge in [-0.15, -0.1) is 0 Å². The van der Waals surface area contributed by atoms with Crippen molar-refractivity contribution in [1.82, 2.24) is 0 Å². The molecule has 1 aromatic carbocycles. The summed E-state index contributed by atoms with van der Waals surface area (Å²) in [5.41, 5.74) is -0.200. The molecule has 1 rings (SSSR count). The first-order valence-corrected chi connectivity index (χ1v) is 7.72. The zero-order valence-corrected chi connectivity index (χ0v) is 13.9. The highest BCUT2D eigenvalue weighted by molar-refractivity contribution is 6.32. The molecular weight excluding hydrogens is 290 g/mol. The molecule has 4 nitrogen and oxygen atoms in total. The second-order valence-corrected chi connectivity index (χ2v) is 5.37. The van der Waals surface area contributed by atoms with Crippen molar-refractivity contribution in [3.63, 3.8) is 0 Å².